The standard InChI is InChI=1S/C12H11IN2O2/c1-8-5-14-3-2-9(8)6-15-7-10(13)4-11(15)12(16)17/h2-5,7H,6H2,1H3,(H,16,17). The maximum atomic E-state index is 11.1. The maximum absolute atomic E-state index is 11.1. The first kappa shape index (κ1) is 12.1. The van der Waals surface area contributed by atoms with Gasteiger partial charge in [0.05, 0.1) is 0 Å². The Morgan fingerprint density at radius 3 is 3.00 bits per heavy atom. The Morgan fingerprint density at radius 1 is 1.59 bits per heavy atom. The van der Waals surface area contributed by atoms with Gasteiger partial charge in [-0.15, -0.1) is 0 Å². The van der Waals surface area contributed by atoms with Crippen LogP contribution in [0.15, 0.2) is 30.7 Å². The largest absolute Gasteiger partial charge is 0.477 e. The highest BCUT2D eigenvalue weighted by atomic mass is 127. The lowest BCUT2D eigenvalue weighted by atomic mass is 10.1. The molecule has 0 saturated carbocycles. The summed E-state index contributed by atoms with van der Waals surface area (Å²) in [5.41, 5.74) is 2.45. The molecule has 88 valence electrons. The minimum absolute atomic E-state index is 0.311. The van der Waals surface area contributed by atoms with E-state index in [1.54, 1.807) is 23.0 Å². The zero-order valence-corrected chi connectivity index (χ0v) is 11.4. The van der Waals surface area contributed by atoms with Crippen LogP contribution in [0.2, 0.25) is 0 Å². The van der Waals surface area contributed by atoms with Crippen molar-refractivity contribution in [3.8, 4) is 0 Å². The summed E-state index contributed by atoms with van der Waals surface area (Å²) < 4.78 is 2.67. The van der Waals surface area contributed by atoms with E-state index < -0.39 is 5.97 Å². The van der Waals surface area contributed by atoms with Crippen molar-refractivity contribution in [2.45, 2.75) is 13.5 Å². The number of rotatable bonds is 3. The predicted octanol–water partition coefficient (Wildman–Crippen LogP) is 2.54. The Hall–Kier alpha value is -1.37. The Morgan fingerprint density at radius 2 is 2.35 bits per heavy atom. The molecule has 0 aliphatic carbocycles. The molecule has 0 atom stereocenters. The molecule has 0 aliphatic rings. The molecule has 4 nitrogen and oxygen atoms in total. The summed E-state index contributed by atoms with van der Waals surface area (Å²) in [5, 5.41) is 9.09. The van der Waals surface area contributed by atoms with Gasteiger partial charge in [-0.3, -0.25) is 4.98 Å². The highest BCUT2D eigenvalue weighted by Gasteiger charge is 2.12. The van der Waals surface area contributed by atoms with Crippen molar-refractivity contribution in [2.75, 3.05) is 0 Å². The molecule has 0 saturated heterocycles. The van der Waals surface area contributed by atoms with Crippen LogP contribution in [0.25, 0.3) is 0 Å². The third kappa shape index (κ3) is 2.66. The van der Waals surface area contributed by atoms with Gasteiger partial charge in [0.15, 0.2) is 0 Å². The molecule has 17 heavy (non-hydrogen) atoms. The highest BCUT2D eigenvalue weighted by molar-refractivity contribution is 14.1. The van der Waals surface area contributed by atoms with Crippen molar-refractivity contribution in [3.05, 3.63) is 51.1 Å². The number of aryl methyl sites for hydroxylation is 1. The molecule has 2 heterocycles. The van der Waals surface area contributed by atoms with Crippen molar-refractivity contribution in [1.82, 2.24) is 9.55 Å². The van der Waals surface area contributed by atoms with Crippen LogP contribution in [0.4, 0.5) is 0 Å². The number of pyridine rings is 1. The molecule has 0 aliphatic heterocycles. The number of aromatic carboxylic acids is 1. The number of carboxylic acid groups (broad SMARTS) is 1. The number of halogens is 1. The van der Waals surface area contributed by atoms with E-state index in [-0.39, 0.29) is 0 Å². The predicted molar refractivity (Wildman–Crippen MR) is 72.2 cm³/mol. The van der Waals surface area contributed by atoms with Crippen molar-refractivity contribution in [2.24, 2.45) is 0 Å². The summed E-state index contributed by atoms with van der Waals surface area (Å²) in [7, 11) is 0. The van der Waals surface area contributed by atoms with E-state index in [0.717, 1.165) is 14.7 Å². The Labute approximate surface area is 112 Å². The third-order valence-corrected chi connectivity index (χ3v) is 3.15. The molecule has 0 unspecified atom stereocenters. The number of carbonyl (C=O) groups is 1. The quantitative estimate of drug-likeness (QED) is 0.873. The van der Waals surface area contributed by atoms with Crippen LogP contribution >= 0.6 is 22.6 Å². The van der Waals surface area contributed by atoms with Gasteiger partial charge in [-0.05, 0) is 52.8 Å². The van der Waals surface area contributed by atoms with Crippen LogP contribution in [0.5, 0.6) is 0 Å². The molecule has 2 aromatic heterocycles. The summed E-state index contributed by atoms with van der Waals surface area (Å²) in [6.07, 6.45) is 5.34. The van der Waals surface area contributed by atoms with Crippen molar-refractivity contribution in [3.63, 3.8) is 0 Å². The molecule has 0 bridgehead atoms. The number of carboxylic acids is 1. The topological polar surface area (TPSA) is 55.1 Å². The van der Waals surface area contributed by atoms with Crippen LogP contribution < -0.4 is 0 Å². The highest BCUT2D eigenvalue weighted by Crippen LogP contribution is 2.15. The van der Waals surface area contributed by atoms with Gasteiger partial charge in [0, 0.05) is 28.7 Å². The van der Waals surface area contributed by atoms with Crippen LogP contribution in [0, 0.1) is 10.5 Å². The second-order valence-corrected chi connectivity index (χ2v) is 5.02. The van der Waals surface area contributed by atoms with Gasteiger partial charge in [-0.1, -0.05) is 0 Å². The Balaban J connectivity index is 2.36. The van der Waals surface area contributed by atoms with Gasteiger partial charge in [-0.2, -0.15) is 0 Å². The smallest absolute Gasteiger partial charge is 0.352 e. The first-order valence-electron chi connectivity index (χ1n) is 5.06. The van der Waals surface area contributed by atoms with Crippen molar-refractivity contribution < 1.29 is 9.90 Å². The van der Waals surface area contributed by atoms with E-state index >= 15 is 0 Å². The minimum Gasteiger partial charge on any atom is -0.477 e. The third-order valence-electron chi connectivity index (χ3n) is 2.56. The fourth-order valence-electron chi connectivity index (χ4n) is 1.65. The van der Waals surface area contributed by atoms with E-state index in [4.69, 9.17) is 5.11 Å². The molecule has 0 spiro atoms. The molecule has 0 amide bonds. The monoisotopic (exact) mass is 342 g/mol. The fourth-order valence-corrected chi connectivity index (χ4v) is 2.28. The normalized spacial score (nSPS) is 10.5. The zero-order chi connectivity index (χ0) is 12.4. The fraction of sp³-hybridized carbons (Fsp3) is 0.167. The first-order valence-corrected chi connectivity index (χ1v) is 6.14. The van der Waals surface area contributed by atoms with E-state index in [9.17, 15) is 4.79 Å². The average Bonchev–Trinajstić information content (AvgIpc) is 2.63. The minimum atomic E-state index is -0.903. The van der Waals surface area contributed by atoms with Crippen LogP contribution in [-0.4, -0.2) is 20.6 Å². The summed E-state index contributed by atoms with van der Waals surface area (Å²) in [6, 6.07) is 3.58. The van der Waals surface area contributed by atoms with Gasteiger partial charge in [0.1, 0.15) is 5.69 Å². The lowest BCUT2D eigenvalue weighted by Crippen LogP contribution is -2.09. The van der Waals surface area contributed by atoms with Crippen molar-refractivity contribution in [1.29, 1.82) is 0 Å². The average molecular weight is 342 g/mol. The van der Waals surface area contributed by atoms with Crippen LogP contribution in [0.1, 0.15) is 21.6 Å². The molecule has 0 aromatic carbocycles. The summed E-state index contributed by atoms with van der Waals surface area (Å²) in [4.78, 5) is 15.1. The second-order valence-electron chi connectivity index (χ2n) is 3.78. The van der Waals surface area contributed by atoms with E-state index in [2.05, 4.69) is 27.6 Å². The Kier molecular flexibility index (Phi) is 3.46. The maximum Gasteiger partial charge on any atom is 0.352 e. The summed E-state index contributed by atoms with van der Waals surface area (Å²) in [5.74, 6) is -0.903. The SMILES string of the molecule is Cc1cnccc1Cn1cc(I)cc1C(=O)O. The summed E-state index contributed by atoms with van der Waals surface area (Å²) >= 11 is 2.11. The first-order chi connectivity index (χ1) is 8.08. The number of aromatic nitrogens is 2. The molecule has 0 radical (unpaired) electrons. The lowest BCUT2D eigenvalue weighted by molar-refractivity contribution is 0.0685. The van der Waals surface area contributed by atoms with E-state index in [1.807, 2.05) is 19.2 Å². The van der Waals surface area contributed by atoms with Gasteiger partial charge >= 0.3 is 5.97 Å². The van der Waals surface area contributed by atoms with Crippen LogP contribution in [0.3, 0.4) is 0 Å². The second kappa shape index (κ2) is 4.87. The molecular formula is C12H11IN2O2. The van der Waals surface area contributed by atoms with Crippen LogP contribution in [-0.2, 0) is 6.54 Å². The number of hydrogen-bond donors (Lipinski definition) is 1. The van der Waals surface area contributed by atoms with Gasteiger partial charge in [0.2, 0.25) is 0 Å². The molecular weight excluding hydrogens is 331 g/mol. The molecule has 0 fully saturated rings. The molecule has 2 rings (SSSR count). The van der Waals surface area contributed by atoms with Gasteiger partial charge < -0.3 is 9.67 Å². The van der Waals surface area contributed by atoms with Gasteiger partial charge in [-0.25, -0.2) is 4.79 Å². The summed E-state index contributed by atoms with van der Waals surface area (Å²) in [6.45, 7) is 2.52. The number of hydrogen-bond acceptors (Lipinski definition) is 2. The molecule has 1 N–H and O–H groups in total. The Bertz CT molecular complexity index is 563. The molecule has 5 heteroatoms. The number of nitrogens with zero attached hydrogens (tertiary/aromatic N) is 2. The van der Waals surface area contributed by atoms with Gasteiger partial charge in [0.25, 0.3) is 0 Å². The lowest BCUT2D eigenvalue weighted by Gasteiger charge is -2.08. The van der Waals surface area contributed by atoms with E-state index in [0.29, 0.717) is 12.2 Å². The molecule has 2 aromatic rings. The van der Waals surface area contributed by atoms with Crippen molar-refractivity contribution >= 4 is 28.6 Å². The van der Waals surface area contributed by atoms with E-state index in [1.165, 1.54) is 0 Å². The zero-order valence-electron chi connectivity index (χ0n) is 9.22.